The maximum Gasteiger partial charge on any atom is 0.326 e. The van der Waals surface area contributed by atoms with Gasteiger partial charge in [0.05, 0.1) is 12.5 Å². The summed E-state index contributed by atoms with van der Waals surface area (Å²) in [6.45, 7) is 7.68. The van der Waals surface area contributed by atoms with Crippen molar-refractivity contribution in [1.82, 2.24) is 5.32 Å². The van der Waals surface area contributed by atoms with E-state index in [1.165, 1.54) is 0 Å². The molecule has 122 valence electrons. The molecule has 0 fully saturated rings. The number of rotatable bonds is 8. The molecule has 0 aromatic heterocycles. The summed E-state index contributed by atoms with van der Waals surface area (Å²) < 4.78 is 5.67. The Morgan fingerprint density at radius 2 is 1.82 bits per heavy atom. The first-order chi connectivity index (χ1) is 10.3. The van der Waals surface area contributed by atoms with Gasteiger partial charge in [-0.05, 0) is 32.3 Å². The van der Waals surface area contributed by atoms with Crippen molar-refractivity contribution in [1.29, 1.82) is 0 Å². The van der Waals surface area contributed by atoms with Crippen LogP contribution in [0.2, 0.25) is 0 Å². The Hall–Kier alpha value is -2.04. The third-order valence-electron chi connectivity index (χ3n) is 3.03. The summed E-state index contributed by atoms with van der Waals surface area (Å²) in [5.41, 5.74) is 0.752. The Kier molecular flexibility index (Phi) is 6.89. The van der Waals surface area contributed by atoms with Crippen molar-refractivity contribution in [2.24, 2.45) is 5.92 Å². The highest BCUT2D eigenvalue weighted by Crippen LogP contribution is 2.20. The monoisotopic (exact) mass is 307 g/mol. The van der Waals surface area contributed by atoms with E-state index in [4.69, 9.17) is 4.74 Å². The second kappa shape index (κ2) is 8.41. The zero-order valence-electron chi connectivity index (χ0n) is 13.6. The van der Waals surface area contributed by atoms with Crippen LogP contribution in [-0.2, 0) is 16.0 Å². The summed E-state index contributed by atoms with van der Waals surface area (Å²) in [7, 11) is 0. The average Bonchev–Trinajstić information content (AvgIpc) is 2.39. The van der Waals surface area contributed by atoms with Crippen LogP contribution >= 0.6 is 0 Å². The number of para-hydroxylation sites is 1. The fourth-order valence-electron chi connectivity index (χ4n) is 2.13. The molecule has 22 heavy (non-hydrogen) atoms. The molecule has 1 unspecified atom stereocenters. The molecule has 5 nitrogen and oxygen atoms in total. The highest BCUT2D eigenvalue weighted by Gasteiger charge is 2.21. The standard InChI is InChI=1S/C17H25NO4/c1-11(2)9-14(17(20)21)18-16(19)10-13-7-5-6-8-15(13)22-12(3)4/h5-8,11-12,14H,9-10H2,1-4H3,(H,18,19)(H,20,21). The minimum Gasteiger partial charge on any atom is -0.491 e. The molecule has 0 aliphatic rings. The molecule has 5 heteroatoms. The van der Waals surface area contributed by atoms with Crippen LogP contribution < -0.4 is 10.1 Å². The summed E-state index contributed by atoms with van der Waals surface area (Å²) in [5.74, 6) is -0.469. The summed E-state index contributed by atoms with van der Waals surface area (Å²) in [6, 6.07) is 6.45. The van der Waals surface area contributed by atoms with Gasteiger partial charge in [-0.2, -0.15) is 0 Å². The van der Waals surface area contributed by atoms with E-state index >= 15 is 0 Å². The normalized spacial score (nSPS) is 12.3. The molecular formula is C17H25NO4. The molecule has 0 aliphatic heterocycles. The lowest BCUT2D eigenvalue weighted by molar-refractivity contribution is -0.142. The van der Waals surface area contributed by atoms with Gasteiger partial charge in [-0.1, -0.05) is 32.0 Å². The number of amides is 1. The molecule has 0 aliphatic carbocycles. The number of ether oxygens (including phenoxy) is 1. The van der Waals surface area contributed by atoms with E-state index in [2.05, 4.69) is 5.32 Å². The van der Waals surface area contributed by atoms with E-state index in [0.29, 0.717) is 12.2 Å². The molecule has 1 rings (SSSR count). The van der Waals surface area contributed by atoms with E-state index in [1.807, 2.05) is 52.0 Å². The van der Waals surface area contributed by atoms with Gasteiger partial charge in [0, 0.05) is 5.56 Å². The van der Waals surface area contributed by atoms with Gasteiger partial charge in [0.1, 0.15) is 11.8 Å². The van der Waals surface area contributed by atoms with E-state index in [1.54, 1.807) is 0 Å². The summed E-state index contributed by atoms with van der Waals surface area (Å²) in [4.78, 5) is 23.3. The molecule has 0 bridgehead atoms. The molecule has 0 saturated heterocycles. The van der Waals surface area contributed by atoms with Gasteiger partial charge >= 0.3 is 5.97 Å². The Morgan fingerprint density at radius 3 is 2.36 bits per heavy atom. The number of hydrogen-bond acceptors (Lipinski definition) is 3. The number of carbonyl (C=O) groups excluding carboxylic acids is 1. The van der Waals surface area contributed by atoms with Crippen LogP contribution in [0, 0.1) is 5.92 Å². The quantitative estimate of drug-likeness (QED) is 0.774. The van der Waals surface area contributed by atoms with Gasteiger partial charge < -0.3 is 15.2 Å². The SMILES string of the molecule is CC(C)CC(NC(=O)Cc1ccccc1OC(C)C)C(=O)O. The van der Waals surface area contributed by atoms with Crippen LogP contribution in [0.3, 0.4) is 0 Å². The third kappa shape index (κ3) is 6.16. The molecule has 0 spiro atoms. The van der Waals surface area contributed by atoms with Gasteiger partial charge in [0.2, 0.25) is 5.91 Å². The van der Waals surface area contributed by atoms with Gasteiger partial charge in [-0.25, -0.2) is 4.79 Å². The van der Waals surface area contributed by atoms with E-state index in [0.717, 1.165) is 5.56 Å². The van der Waals surface area contributed by atoms with Gasteiger partial charge in [0.15, 0.2) is 0 Å². The molecule has 1 atom stereocenters. The first-order valence-electron chi connectivity index (χ1n) is 7.56. The lowest BCUT2D eigenvalue weighted by atomic mass is 10.0. The maximum absolute atomic E-state index is 12.1. The number of benzene rings is 1. The molecule has 2 N–H and O–H groups in total. The second-order valence-corrected chi connectivity index (χ2v) is 6.04. The Morgan fingerprint density at radius 1 is 1.18 bits per heavy atom. The first-order valence-corrected chi connectivity index (χ1v) is 7.56. The van der Waals surface area contributed by atoms with Crippen molar-refractivity contribution in [3.63, 3.8) is 0 Å². The first kappa shape index (κ1) is 18.0. The third-order valence-corrected chi connectivity index (χ3v) is 3.03. The second-order valence-electron chi connectivity index (χ2n) is 6.04. The van der Waals surface area contributed by atoms with Crippen LogP contribution in [0.25, 0.3) is 0 Å². The summed E-state index contributed by atoms with van der Waals surface area (Å²) in [6.07, 6.45) is 0.521. The van der Waals surface area contributed by atoms with Crippen LogP contribution in [0.5, 0.6) is 5.75 Å². The van der Waals surface area contributed by atoms with Crippen LogP contribution in [0.1, 0.15) is 39.7 Å². The van der Waals surface area contributed by atoms with Gasteiger partial charge in [-0.3, -0.25) is 4.79 Å². The molecular weight excluding hydrogens is 282 g/mol. The summed E-state index contributed by atoms with van der Waals surface area (Å²) >= 11 is 0. The minimum absolute atomic E-state index is 0.0110. The fraction of sp³-hybridized carbons (Fsp3) is 0.529. The Balaban J connectivity index is 2.73. The van der Waals surface area contributed by atoms with Crippen molar-refractivity contribution < 1.29 is 19.4 Å². The number of carboxylic acid groups (broad SMARTS) is 1. The lowest BCUT2D eigenvalue weighted by Crippen LogP contribution is -2.42. The Labute approximate surface area is 131 Å². The van der Waals surface area contributed by atoms with Crippen molar-refractivity contribution in [2.45, 2.75) is 52.7 Å². The van der Waals surface area contributed by atoms with Crippen molar-refractivity contribution in [2.75, 3.05) is 0 Å². The molecule has 0 saturated carbocycles. The highest BCUT2D eigenvalue weighted by atomic mass is 16.5. The maximum atomic E-state index is 12.1. The van der Waals surface area contributed by atoms with E-state index in [9.17, 15) is 14.7 Å². The van der Waals surface area contributed by atoms with Crippen molar-refractivity contribution in [3.05, 3.63) is 29.8 Å². The van der Waals surface area contributed by atoms with Crippen molar-refractivity contribution >= 4 is 11.9 Å². The van der Waals surface area contributed by atoms with Crippen molar-refractivity contribution in [3.8, 4) is 5.75 Å². The van der Waals surface area contributed by atoms with E-state index in [-0.39, 0.29) is 24.3 Å². The molecule has 1 amide bonds. The smallest absolute Gasteiger partial charge is 0.326 e. The minimum atomic E-state index is -1.01. The molecule has 0 radical (unpaired) electrons. The zero-order valence-corrected chi connectivity index (χ0v) is 13.6. The Bertz CT molecular complexity index is 511. The van der Waals surface area contributed by atoms with Gasteiger partial charge in [-0.15, -0.1) is 0 Å². The van der Waals surface area contributed by atoms with Crippen LogP contribution in [-0.4, -0.2) is 29.1 Å². The van der Waals surface area contributed by atoms with Gasteiger partial charge in [0.25, 0.3) is 0 Å². The summed E-state index contributed by atoms with van der Waals surface area (Å²) in [5, 5.41) is 11.8. The predicted octanol–water partition coefficient (Wildman–Crippen LogP) is 2.63. The molecule has 1 aromatic rings. The highest BCUT2D eigenvalue weighted by molar-refractivity contribution is 5.85. The number of carbonyl (C=O) groups is 2. The van der Waals surface area contributed by atoms with E-state index < -0.39 is 12.0 Å². The number of carboxylic acids is 1. The zero-order chi connectivity index (χ0) is 16.7. The van der Waals surface area contributed by atoms with Crippen LogP contribution in [0.4, 0.5) is 0 Å². The molecule has 1 aromatic carbocycles. The fourth-order valence-corrected chi connectivity index (χ4v) is 2.13. The molecule has 0 heterocycles. The number of hydrogen-bond donors (Lipinski definition) is 2. The largest absolute Gasteiger partial charge is 0.491 e. The number of aliphatic carboxylic acids is 1. The van der Waals surface area contributed by atoms with Crippen LogP contribution in [0.15, 0.2) is 24.3 Å². The predicted molar refractivity (Wildman–Crippen MR) is 84.9 cm³/mol. The number of nitrogens with one attached hydrogen (secondary N) is 1. The average molecular weight is 307 g/mol. The topological polar surface area (TPSA) is 75.6 Å². The lowest BCUT2D eigenvalue weighted by Gasteiger charge is -2.18.